The predicted octanol–water partition coefficient (Wildman–Crippen LogP) is 4.66. The van der Waals surface area contributed by atoms with Crippen molar-refractivity contribution in [3.05, 3.63) is 29.6 Å². The first-order chi connectivity index (χ1) is 10.2. The smallest absolute Gasteiger partial charge is 0.146 e. The number of nitrogens with one attached hydrogen (secondary N) is 1. The van der Waals surface area contributed by atoms with E-state index >= 15 is 0 Å². The van der Waals surface area contributed by atoms with Crippen LogP contribution in [0.2, 0.25) is 0 Å². The first-order valence-corrected chi connectivity index (χ1v) is 8.50. The molecule has 0 unspecified atom stereocenters. The molecule has 1 aliphatic heterocycles. The average Bonchev–Trinajstić information content (AvgIpc) is 2.76. The van der Waals surface area contributed by atoms with Gasteiger partial charge >= 0.3 is 0 Å². The monoisotopic (exact) mass is 292 g/mol. The van der Waals surface area contributed by atoms with E-state index in [-0.39, 0.29) is 11.9 Å². The van der Waals surface area contributed by atoms with Crippen molar-refractivity contribution in [2.45, 2.75) is 58.4 Å². The van der Waals surface area contributed by atoms with Crippen LogP contribution in [0.25, 0.3) is 0 Å². The van der Waals surface area contributed by atoms with Gasteiger partial charge in [-0.05, 0) is 50.4 Å². The van der Waals surface area contributed by atoms with Gasteiger partial charge in [0, 0.05) is 19.1 Å². The van der Waals surface area contributed by atoms with Gasteiger partial charge in [0.1, 0.15) is 5.82 Å². The minimum atomic E-state index is -0.0708. The van der Waals surface area contributed by atoms with Crippen LogP contribution in [0, 0.1) is 5.82 Å². The molecule has 1 saturated heterocycles. The zero-order valence-corrected chi connectivity index (χ0v) is 13.5. The summed E-state index contributed by atoms with van der Waals surface area (Å²) in [5.74, 6) is -0.0708. The van der Waals surface area contributed by atoms with Crippen molar-refractivity contribution in [1.82, 2.24) is 5.32 Å². The molecule has 0 radical (unpaired) electrons. The third-order valence-corrected chi connectivity index (χ3v) is 4.40. The molecule has 0 saturated carbocycles. The summed E-state index contributed by atoms with van der Waals surface area (Å²) in [5, 5.41) is 3.46. The van der Waals surface area contributed by atoms with Gasteiger partial charge in [0.05, 0.1) is 5.69 Å². The number of halogens is 1. The van der Waals surface area contributed by atoms with E-state index in [1.807, 2.05) is 6.07 Å². The van der Waals surface area contributed by atoms with Crippen molar-refractivity contribution >= 4 is 5.69 Å². The van der Waals surface area contributed by atoms with Crippen LogP contribution in [0.1, 0.15) is 64.0 Å². The Morgan fingerprint density at radius 2 is 1.90 bits per heavy atom. The lowest BCUT2D eigenvalue weighted by Crippen LogP contribution is -2.25. The summed E-state index contributed by atoms with van der Waals surface area (Å²) >= 11 is 0. The number of rotatable bonds is 6. The first-order valence-electron chi connectivity index (χ1n) is 8.50. The van der Waals surface area contributed by atoms with Crippen LogP contribution in [0.4, 0.5) is 10.1 Å². The molecule has 1 fully saturated rings. The predicted molar refractivity (Wildman–Crippen MR) is 88.4 cm³/mol. The van der Waals surface area contributed by atoms with Gasteiger partial charge in [-0.15, -0.1) is 0 Å². The molecule has 1 atom stereocenters. The van der Waals surface area contributed by atoms with Gasteiger partial charge in [-0.3, -0.25) is 0 Å². The summed E-state index contributed by atoms with van der Waals surface area (Å²) in [6.45, 7) is 7.26. The van der Waals surface area contributed by atoms with Crippen molar-refractivity contribution in [2.24, 2.45) is 0 Å². The Balaban J connectivity index is 2.02. The maximum absolute atomic E-state index is 14.4. The summed E-state index contributed by atoms with van der Waals surface area (Å²) in [5.41, 5.74) is 1.82. The molecule has 0 bridgehead atoms. The van der Waals surface area contributed by atoms with Crippen molar-refractivity contribution < 1.29 is 4.39 Å². The van der Waals surface area contributed by atoms with Gasteiger partial charge in [0.15, 0.2) is 0 Å². The van der Waals surface area contributed by atoms with E-state index in [0.717, 1.165) is 30.9 Å². The van der Waals surface area contributed by atoms with E-state index < -0.39 is 0 Å². The maximum Gasteiger partial charge on any atom is 0.146 e. The maximum atomic E-state index is 14.4. The molecule has 1 heterocycles. The highest BCUT2D eigenvalue weighted by Crippen LogP contribution is 2.25. The van der Waals surface area contributed by atoms with Gasteiger partial charge in [-0.2, -0.15) is 0 Å². The Hall–Kier alpha value is -1.09. The molecular formula is C18H29FN2. The van der Waals surface area contributed by atoms with Crippen LogP contribution in [-0.2, 0) is 0 Å². The van der Waals surface area contributed by atoms with Gasteiger partial charge < -0.3 is 10.2 Å². The van der Waals surface area contributed by atoms with Crippen LogP contribution in [0.3, 0.4) is 0 Å². The van der Waals surface area contributed by atoms with Crippen LogP contribution < -0.4 is 10.2 Å². The Kier molecular flexibility index (Phi) is 6.50. The normalized spacial score (nSPS) is 17.6. The summed E-state index contributed by atoms with van der Waals surface area (Å²) in [7, 11) is 0. The van der Waals surface area contributed by atoms with Crippen molar-refractivity contribution in [3.63, 3.8) is 0 Å². The van der Waals surface area contributed by atoms with Crippen LogP contribution in [0.15, 0.2) is 18.2 Å². The molecule has 118 valence electrons. The average molecular weight is 292 g/mol. The fraction of sp³-hybridized carbons (Fsp3) is 0.667. The van der Waals surface area contributed by atoms with Gasteiger partial charge in [0.2, 0.25) is 0 Å². The molecule has 0 amide bonds. The van der Waals surface area contributed by atoms with Crippen LogP contribution in [0.5, 0.6) is 0 Å². The highest BCUT2D eigenvalue weighted by atomic mass is 19.1. The second-order valence-corrected chi connectivity index (χ2v) is 6.14. The molecule has 0 spiro atoms. The Labute approximate surface area is 128 Å². The molecule has 1 N–H and O–H groups in total. The fourth-order valence-corrected chi connectivity index (χ4v) is 2.97. The van der Waals surface area contributed by atoms with Crippen LogP contribution >= 0.6 is 0 Å². The number of hydrogen-bond donors (Lipinski definition) is 1. The zero-order valence-electron chi connectivity index (χ0n) is 13.5. The molecule has 1 aromatic carbocycles. The second-order valence-electron chi connectivity index (χ2n) is 6.14. The quantitative estimate of drug-likeness (QED) is 0.767. The third kappa shape index (κ3) is 4.70. The van der Waals surface area contributed by atoms with E-state index in [1.54, 1.807) is 6.07 Å². The SMILES string of the molecule is CCCCN[C@@H](C)c1ccc(N2CCCCCC2)c(F)c1. The molecule has 1 aromatic rings. The molecule has 21 heavy (non-hydrogen) atoms. The summed E-state index contributed by atoms with van der Waals surface area (Å²) in [6, 6.07) is 5.97. The van der Waals surface area contributed by atoms with Crippen molar-refractivity contribution in [3.8, 4) is 0 Å². The lowest BCUT2D eigenvalue weighted by Gasteiger charge is -2.24. The lowest BCUT2D eigenvalue weighted by atomic mass is 10.1. The highest BCUT2D eigenvalue weighted by molar-refractivity contribution is 5.49. The second kappa shape index (κ2) is 8.38. The van der Waals surface area contributed by atoms with E-state index in [0.29, 0.717) is 0 Å². The fourth-order valence-electron chi connectivity index (χ4n) is 2.97. The summed E-state index contributed by atoms with van der Waals surface area (Å²) in [6.07, 6.45) is 7.25. The Bertz CT molecular complexity index is 425. The number of benzene rings is 1. The van der Waals surface area contributed by atoms with E-state index in [9.17, 15) is 4.39 Å². The highest BCUT2D eigenvalue weighted by Gasteiger charge is 2.15. The van der Waals surface area contributed by atoms with E-state index in [1.165, 1.54) is 38.5 Å². The number of unbranched alkanes of at least 4 members (excludes halogenated alkanes) is 1. The third-order valence-electron chi connectivity index (χ3n) is 4.40. The molecule has 1 aliphatic rings. The van der Waals surface area contributed by atoms with Crippen LogP contribution in [-0.4, -0.2) is 19.6 Å². The minimum absolute atomic E-state index is 0.0708. The topological polar surface area (TPSA) is 15.3 Å². The molecule has 3 heteroatoms. The molecular weight excluding hydrogens is 263 g/mol. The molecule has 2 nitrogen and oxygen atoms in total. The Morgan fingerprint density at radius 3 is 2.52 bits per heavy atom. The first kappa shape index (κ1) is 16.3. The molecule has 0 aliphatic carbocycles. The van der Waals surface area contributed by atoms with E-state index in [2.05, 4.69) is 30.1 Å². The lowest BCUT2D eigenvalue weighted by molar-refractivity contribution is 0.547. The standard InChI is InChI=1S/C18H29FN2/c1-3-4-11-20-15(2)16-9-10-18(17(19)14-16)21-12-7-5-6-8-13-21/h9-10,14-15,20H,3-8,11-13H2,1-2H3/t15-/m0/s1. The van der Waals surface area contributed by atoms with Crippen molar-refractivity contribution in [1.29, 1.82) is 0 Å². The number of nitrogens with zero attached hydrogens (tertiary/aromatic N) is 1. The minimum Gasteiger partial charge on any atom is -0.369 e. The van der Waals surface area contributed by atoms with Gasteiger partial charge in [-0.25, -0.2) is 4.39 Å². The number of hydrogen-bond acceptors (Lipinski definition) is 2. The number of anilines is 1. The molecule has 0 aromatic heterocycles. The zero-order chi connectivity index (χ0) is 15.1. The van der Waals surface area contributed by atoms with Gasteiger partial charge in [-0.1, -0.05) is 32.3 Å². The largest absolute Gasteiger partial charge is 0.369 e. The summed E-state index contributed by atoms with van der Waals surface area (Å²) < 4.78 is 14.4. The van der Waals surface area contributed by atoms with Gasteiger partial charge in [0.25, 0.3) is 0 Å². The summed E-state index contributed by atoms with van der Waals surface area (Å²) in [4.78, 5) is 2.21. The van der Waals surface area contributed by atoms with E-state index in [4.69, 9.17) is 0 Å². The molecule has 2 rings (SSSR count). The Morgan fingerprint density at radius 1 is 1.19 bits per heavy atom. The van der Waals surface area contributed by atoms with Crippen molar-refractivity contribution in [2.75, 3.05) is 24.5 Å².